The number of rotatable bonds is 5. The maximum absolute atomic E-state index is 3.67. The zero-order chi connectivity index (χ0) is 10.7. The minimum absolute atomic E-state index is 0.677. The first kappa shape index (κ1) is 10.7. The van der Waals surface area contributed by atoms with Crippen molar-refractivity contribution in [2.45, 2.75) is 45.2 Å². The number of hydrogen-bond donors (Lipinski definition) is 1. The Kier molecular flexibility index (Phi) is 3.42. The van der Waals surface area contributed by atoms with Crippen LogP contribution < -0.4 is 5.32 Å². The molecule has 0 aliphatic heterocycles. The highest BCUT2D eigenvalue weighted by Gasteiger charge is 2.36. The third-order valence-corrected chi connectivity index (χ3v) is 3.37. The molecule has 15 heavy (non-hydrogen) atoms. The maximum atomic E-state index is 3.67. The van der Waals surface area contributed by atoms with Gasteiger partial charge in [-0.1, -0.05) is 37.3 Å². The molecule has 1 aliphatic rings. The van der Waals surface area contributed by atoms with E-state index in [0.29, 0.717) is 6.04 Å². The van der Waals surface area contributed by atoms with Gasteiger partial charge in [-0.2, -0.15) is 0 Å². The Labute approximate surface area is 92.9 Å². The topological polar surface area (TPSA) is 12.0 Å². The number of hydrogen-bond acceptors (Lipinski definition) is 1. The van der Waals surface area contributed by atoms with Crippen molar-refractivity contribution in [3.05, 3.63) is 35.9 Å². The van der Waals surface area contributed by atoms with Crippen LogP contribution in [0.5, 0.6) is 0 Å². The molecule has 1 nitrogen and oxygen atoms in total. The summed E-state index contributed by atoms with van der Waals surface area (Å²) in [6, 6.07) is 12.3. The number of nitrogens with one attached hydrogen (secondary N) is 1. The van der Waals surface area contributed by atoms with Gasteiger partial charge in [0.05, 0.1) is 0 Å². The lowest BCUT2D eigenvalue weighted by molar-refractivity contribution is 0.510. The molecule has 1 aliphatic carbocycles. The molecule has 0 bridgehead atoms. The highest BCUT2D eigenvalue weighted by Crippen LogP contribution is 2.34. The van der Waals surface area contributed by atoms with Crippen molar-refractivity contribution in [2.75, 3.05) is 0 Å². The molecule has 1 aromatic rings. The van der Waals surface area contributed by atoms with Crippen LogP contribution in [-0.4, -0.2) is 12.1 Å². The second-order valence-corrected chi connectivity index (χ2v) is 4.77. The van der Waals surface area contributed by atoms with Gasteiger partial charge in [0.1, 0.15) is 0 Å². The summed E-state index contributed by atoms with van der Waals surface area (Å²) in [5.74, 6) is 0.876. The van der Waals surface area contributed by atoms with Crippen molar-refractivity contribution in [2.24, 2.45) is 5.92 Å². The van der Waals surface area contributed by atoms with Crippen molar-refractivity contribution in [3.63, 3.8) is 0 Å². The van der Waals surface area contributed by atoms with Crippen LogP contribution in [0.15, 0.2) is 30.3 Å². The first-order chi connectivity index (χ1) is 7.29. The van der Waals surface area contributed by atoms with E-state index < -0.39 is 0 Å². The smallest absolute Gasteiger partial charge is 0.0105 e. The van der Waals surface area contributed by atoms with Crippen molar-refractivity contribution < 1.29 is 0 Å². The van der Waals surface area contributed by atoms with Crippen LogP contribution in [0.2, 0.25) is 0 Å². The Morgan fingerprint density at radius 1 is 1.33 bits per heavy atom. The normalized spacial score (nSPS) is 26.3. The summed E-state index contributed by atoms with van der Waals surface area (Å²) < 4.78 is 0. The summed E-state index contributed by atoms with van der Waals surface area (Å²) in [5, 5.41) is 3.67. The Balaban J connectivity index is 1.76. The van der Waals surface area contributed by atoms with E-state index in [1.165, 1.54) is 24.8 Å². The fraction of sp³-hybridized carbons (Fsp3) is 0.571. The van der Waals surface area contributed by atoms with Gasteiger partial charge >= 0.3 is 0 Å². The predicted molar refractivity (Wildman–Crippen MR) is 64.9 cm³/mol. The second-order valence-electron chi connectivity index (χ2n) is 4.77. The van der Waals surface area contributed by atoms with E-state index in [2.05, 4.69) is 49.5 Å². The third kappa shape index (κ3) is 3.07. The molecule has 1 heteroatoms. The Bertz CT molecular complexity index is 293. The van der Waals surface area contributed by atoms with Crippen LogP contribution in [0.25, 0.3) is 0 Å². The average molecular weight is 203 g/mol. The van der Waals surface area contributed by atoms with Crippen LogP contribution in [0.1, 0.15) is 32.3 Å². The Morgan fingerprint density at radius 2 is 2.07 bits per heavy atom. The summed E-state index contributed by atoms with van der Waals surface area (Å²) in [4.78, 5) is 0. The van der Waals surface area contributed by atoms with E-state index >= 15 is 0 Å². The quantitative estimate of drug-likeness (QED) is 0.775. The average Bonchev–Trinajstić information content (AvgIpc) is 2.97. The zero-order valence-electron chi connectivity index (χ0n) is 9.74. The van der Waals surface area contributed by atoms with Gasteiger partial charge in [0, 0.05) is 12.1 Å². The summed E-state index contributed by atoms with van der Waals surface area (Å²) >= 11 is 0. The monoisotopic (exact) mass is 203 g/mol. The first-order valence-corrected chi connectivity index (χ1v) is 6.09. The molecule has 0 aromatic heterocycles. The first-order valence-electron chi connectivity index (χ1n) is 6.09. The third-order valence-electron chi connectivity index (χ3n) is 3.37. The number of benzene rings is 1. The van der Waals surface area contributed by atoms with E-state index in [9.17, 15) is 0 Å². The van der Waals surface area contributed by atoms with Crippen molar-refractivity contribution in [1.29, 1.82) is 0 Å². The molecule has 0 radical (unpaired) electrons. The van der Waals surface area contributed by atoms with Crippen LogP contribution in [0.3, 0.4) is 0 Å². The lowest BCUT2D eigenvalue weighted by Gasteiger charge is -2.10. The fourth-order valence-electron chi connectivity index (χ4n) is 2.08. The highest BCUT2D eigenvalue weighted by molar-refractivity contribution is 5.17. The van der Waals surface area contributed by atoms with Gasteiger partial charge in [0.15, 0.2) is 0 Å². The van der Waals surface area contributed by atoms with E-state index in [-0.39, 0.29) is 0 Å². The lowest BCUT2D eigenvalue weighted by atomic mass is 10.1. The molecule has 0 heterocycles. The summed E-state index contributed by atoms with van der Waals surface area (Å²) in [5.41, 5.74) is 1.48. The molecule has 1 N–H and O–H groups in total. The Hall–Kier alpha value is -0.820. The van der Waals surface area contributed by atoms with E-state index in [1.807, 2.05) is 0 Å². The van der Waals surface area contributed by atoms with Gasteiger partial charge in [0.25, 0.3) is 0 Å². The minimum Gasteiger partial charge on any atom is -0.311 e. The highest BCUT2D eigenvalue weighted by atomic mass is 15.0. The summed E-state index contributed by atoms with van der Waals surface area (Å²) in [7, 11) is 0. The molecule has 1 aromatic carbocycles. The molecular formula is C14H21N. The molecule has 2 rings (SSSR count). The molecule has 0 amide bonds. The van der Waals surface area contributed by atoms with Gasteiger partial charge in [-0.15, -0.1) is 0 Å². The van der Waals surface area contributed by atoms with Crippen LogP contribution in [0.4, 0.5) is 0 Å². The summed E-state index contributed by atoms with van der Waals surface area (Å²) in [6.07, 6.45) is 3.84. The summed E-state index contributed by atoms with van der Waals surface area (Å²) in [6.45, 7) is 4.52. The van der Waals surface area contributed by atoms with Gasteiger partial charge in [-0.25, -0.2) is 0 Å². The maximum Gasteiger partial charge on any atom is 0.0105 e. The molecule has 0 saturated heterocycles. The lowest BCUT2D eigenvalue weighted by Crippen LogP contribution is -2.28. The molecule has 1 fully saturated rings. The van der Waals surface area contributed by atoms with Gasteiger partial charge in [0.2, 0.25) is 0 Å². The van der Waals surface area contributed by atoms with E-state index in [0.717, 1.165) is 12.0 Å². The molecule has 3 atom stereocenters. The van der Waals surface area contributed by atoms with Crippen LogP contribution >= 0.6 is 0 Å². The fourth-order valence-corrected chi connectivity index (χ4v) is 2.08. The molecule has 3 unspecified atom stereocenters. The Morgan fingerprint density at radius 3 is 2.73 bits per heavy atom. The molecule has 82 valence electrons. The van der Waals surface area contributed by atoms with Crippen LogP contribution in [-0.2, 0) is 6.42 Å². The molecule has 1 saturated carbocycles. The second kappa shape index (κ2) is 4.80. The largest absolute Gasteiger partial charge is 0.311 e. The molecular weight excluding hydrogens is 182 g/mol. The van der Waals surface area contributed by atoms with Gasteiger partial charge in [-0.05, 0) is 37.7 Å². The van der Waals surface area contributed by atoms with Crippen molar-refractivity contribution in [3.8, 4) is 0 Å². The standard InChI is InChI=1S/C14H21N/c1-3-11(2)15-14-10-13(14)9-12-7-5-4-6-8-12/h4-8,11,13-15H,3,9-10H2,1-2H3. The van der Waals surface area contributed by atoms with Crippen molar-refractivity contribution >= 4 is 0 Å². The SMILES string of the molecule is CCC(C)NC1CC1Cc1ccccc1. The van der Waals surface area contributed by atoms with Gasteiger partial charge < -0.3 is 5.32 Å². The van der Waals surface area contributed by atoms with Crippen LogP contribution in [0, 0.1) is 5.92 Å². The predicted octanol–water partition coefficient (Wildman–Crippen LogP) is 3.01. The van der Waals surface area contributed by atoms with E-state index in [4.69, 9.17) is 0 Å². The van der Waals surface area contributed by atoms with Crippen molar-refractivity contribution in [1.82, 2.24) is 5.32 Å². The minimum atomic E-state index is 0.677. The van der Waals surface area contributed by atoms with E-state index in [1.54, 1.807) is 0 Å². The molecule has 0 spiro atoms. The van der Waals surface area contributed by atoms with Gasteiger partial charge in [-0.3, -0.25) is 0 Å². The zero-order valence-corrected chi connectivity index (χ0v) is 9.74.